The summed E-state index contributed by atoms with van der Waals surface area (Å²) in [6, 6.07) is 0. The molecule has 11 heavy (non-hydrogen) atoms. The van der Waals surface area contributed by atoms with E-state index in [2.05, 4.69) is 17.7 Å². The zero-order chi connectivity index (χ0) is 8.85. The Hall–Kier alpha value is -0.540. The third kappa shape index (κ3) is 4.01. The zero-order valence-corrected chi connectivity index (χ0v) is 6.91. The minimum Gasteiger partial charge on any atom is -0.361 e. The van der Waals surface area contributed by atoms with Gasteiger partial charge in [-0.25, -0.2) is 0 Å². The van der Waals surface area contributed by atoms with Crippen molar-refractivity contribution in [2.45, 2.75) is 12.1 Å². The van der Waals surface area contributed by atoms with Gasteiger partial charge >= 0.3 is 8.03 Å². The Balaban J connectivity index is 3.86. The minimum atomic E-state index is -2.10. The molecular formula is C6H11NO3P+. The van der Waals surface area contributed by atoms with Crippen LogP contribution in [0.1, 0.15) is 0 Å². The van der Waals surface area contributed by atoms with Gasteiger partial charge in [0.2, 0.25) is 6.29 Å². The molecule has 3 atom stereocenters. The molecule has 0 amide bonds. The van der Waals surface area contributed by atoms with Crippen molar-refractivity contribution in [2.24, 2.45) is 5.73 Å². The van der Waals surface area contributed by atoms with Crippen molar-refractivity contribution in [3.63, 3.8) is 0 Å². The molecule has 0 aromatic carbocycles. The van der Waals surface area contributed by atoms with Gasteiger partial charge in [-0.2, -0.15) is 0 Å². The average molecular weight is 176 g/mol. The SMILES string of the molecule is C=CC(O)O[P+](=O)C(N)C=C. The van der Waals surface area contributed by atoms with E-state index in [4.69, 9.17) is 10.8 Å². The number of nitrogens with two attached hydrogens (primary N) is 1. The quantitative estimate of drug-likeness (QED) is 0.367. The standard InChI is InChI=1S/C6H11NO3P/c1-3-5(7)11(9)10-6(8)4-2/h3-6,8H,1-2,7H2/q+1. The lowest BCUT2D eigenvalue weighted by molar-refractivity contribution is 0.0315. The van der Waals surface area contributed by atoms with Gasteiger partial charge in [-0.1, -0.05) is 13.2 Å². The number of hydrogen-bond donors (Lipinski definition) is 2. The predicted molar refractivity (Wildman–Crippen MR) is 43.1 cm³/mol. The Morgan fingerprint density at radius 1 is 1.55 bits per heavy atom. The van der Waals surface area contributed by atoms with E-state index in [1.54, 1.807) is 0 Å². The Kier molecular flexibility index (Phi) is 4.90. The van der Waals surface area contributed by atoms with Crippen molar-refractivity contribution < 1.29 is 14.2 Å². The summed E-state index contributed by atoms with van der Waals surface area (Å²) >= 11 is 0. The van der Waals surface area contributed by atoms with Crippen LogP contribution in [0.3, 0.4) is 0 Å². The molecule has 4 nitrogen and oxygen atoms in total. The molecule has 0 fully saturated rings. The summed E-state index contributed by atoms with van der Waals surface area (Å²) in [4.78, 5) is 0. The van der Waals surface area contributed by atoms with Gasteiger partial charge in [0.05, 0.1) is 0 Å². The predicted octanol–water partition coefficient (Wildman–Crippen LogP) is 0.721. The number of rotatable bonds is 5. The first-order valence-electron chi connectivity index (χ1n) is 2.93. The molecule has 0 heterocycles. The van der Waals surface area contributed by atoms with Crippen LogP contribution in [0.15, 0.2) is 25.3 Å². The summed E-state index contributed by atoms with van der Waals surface area (Å²) in [7, 11) is -2.10. The van der Waals surface area contributed by atoms with Crippen LogP contribution in [-0.2, 0) is 9.09 Å². The Labute approximate surface area is 66.2 Å². The fraction of sp³-hybridized carbons (Fsp3) is 0.333. The molecule has 5 heteroatoms. The minimum absolute atomic E-state index is 0.750. The van der Waals surface area contributed by atoms with Crippen LogP contribution in [0.4, 0.5) is 0 Å². The van der Waals surface area contributed by atoms with Crippen LogP contribution in [0.2, 0.25) is 0 Å². The van der Waals surface area contributed by atoms with Crippen LogP contribution in [0, 0.1) is 0 Å². The monoisotopic (exact) mass is 176 g/mol. The van der Waals surface area contributed by atoms with E-state index in [-0.39, 0.29) is 0 Å². The lowest BCUT2D eigenvalue weighted by Gasteiger charge is -1.96. The van der Waals surface area contributed by atoms with Crippen LogP contribution in [0.5, 0.6) is 0 Å². The summed E-state index contributed by atoms with van der Waals surface area (Å²) in [5.41, 5.74) is 5.25. The molecule has 0 spiro atoms. The first-order valence-corrected chi connectivity index (χ1v) is 4.18. The fourth-order valence-electron chi connectivity index (χ4n) is 0.306. The Morgan fingerprint density at radius 3 is 2.45 bits per heavy atom. The third-order valence-electron chi connectivity index (χ3n) is 0.898. The van der Waals surface area contributed by atoms with Gasteiger partial charge in [0.15, 0.2) is 0 Å². The topological polar surface area (TPSA) is 72.5 Å². The van der Waals surface area contributed by atoms with E-state index in [0.717, 1.165) is 6.08 Å². The van der Waals surface area contributed by atoms with E-state index in [1.165, 1.54) is 6.08 Å². The molecule has 0 aliphatic heterocycles. The largest absolute Gasteiger partial charge is 0.534 e. The van der Waals surface area contributed by atoms with Crippen molar-refractivity contribution in [1.29, 1.82) is 0 Å². The first kappa shape index (κ1) is 10.5. The van der Waals surface area contributed by atoms with E-state index in [1.807, 2.05) is 0 Å². The molecule has 0 bridgehead atoms. The molecule has 0 aromatic heterocycles. The maximum atomic E-state index is 10.9. The highest BCUT2D eigenvalue weighted by molar-refractivity contribution is 7.40. The highest BCUT2D eigenvalue weighted by Crippen LogP contribution is 2.27. The molecule has 0 aliphatic rings. The van der Waals surface area contributed by atoms with Crippen molar-refractivity contribution in [2.75, 3.05) is 0 Å². The van der Waals surface area contributed by atoms with Crippen LogP contribution < -0.4 is 5.73 Å². The summed E-state index contributed by atoms with van der Waals surface area (Å²) in [5.74, 6) is -0.750. The van der Waals surface area contributed by atoms with E-state index < -0.39 is 20.1 Å². The molecule has 0 saturated carbocycles. The summed E-state index contributed by atoms with van der Waals surface area (Å²) in [5, 5.41) is 8.76. The molecular weight excluding hydrogens is 165 g/mol. The van der Waals surface area contributed by atoms with Gasteiger partial charge in [0.25, 0.3) is 5.78 Å². The van der Waals surface area contributed by atoms with E-state index in [0.29, 0.717) is 0 Å². The normalized spacial score (nSPS) is 16.7. The number of aliphatic hydroxyl groups is 1. The van der Waals surface area contributed by atoms with E-state index >= 15 is 0 Å². The molecule has 3 unspecified atom stereocenters. The van der Waals surface area contributed by atoms with Crippen LogP contribution >= 0.6 is 8.03 Å². The highest BCUT2D eigenvalue weighted by atomic mass is 31.1. The van der Waals surface area contributed by atoms with Crippen molar-refractivity contribution in [1.82, 2.24) is 0 Å². The molecule has 3 N–H and O–H groups in total. The molecule has 0 saturated heterocycles. The van der Waals surface area contributed by atoms with Crippen molar-refractivity contribution in [3.8, 4) is 0 Å². The first-order chi connectivity index (χ1) is 5.11. The van der Waals surface area contributed by atoms with Gasteiger partial charge in [0.1, 0.15) is 0 Å². The van der Waals surface area contributed by atoms with Gasteiger partial charge in [-0.3, -0.25) is 5.73 Å². The fourth-order valence-corrected chi connectivity index (χ4v) is 0.917. The van der Waals surface area contributed by atoms with Crippen LogP contribution in [0.25, 0.3) is 0 Å². The third-order valence-corrected chi connectivity index (χ3v) is 2.02. The summed E-state index contributed by atoms with van der Waals surface area (Å²) in [6.45, 7) is 6.55. The second-order valence-electron chi connectivity index (χ2n) is 1.74. The Bertz CT molecular complexity index is 171. The van der Waals surface area contributed by atoms with Crippen molar-refractivity contribution >= 4 is 8.03 Å². The summed E-state index contributed by atoms with van der Waals surface area (Å²) < 4.78 is 15.4. The molecule has 0 rings (SSSR count). The highest BCUT2D eigenvalue weighted by Gasteiger charge is 2.28. The van der Waals surface area contributed by atoms with Gasteiger partial charge < -0.3 is 5.11 Å². The van der Waals surface area contributed by atoms with Crippen LogP contribution in [-0.4, -0.2) is 17.2 Å². The lowest BCUT2D eigenvalue weighted by atomic mass is 10.6. The molecule has 0 aromatic rings. The maximum absolute atomic E-state index is 10.9. The second kappa shape index (κ2) is 5.16. The summed E-state index contributed by atoms with van der Waals surface area (Å²) in [6.07, 6.45) is 1.17. The van der Waals surface area contributed by atoms with Gasteiger partial charge in [-0.05, 0) is 16.7 Å². The lowest BCUT2D eigenvalue weighted by Crippen LogP contribution is -2.14. The molecule has 62 valence electrons. The Morgan fingerprint density at radius 2 is 2.09 bits per heavy atom. The number of hydrogen-bond acceptors (Lipinski definition) is 4. The van der Waals surface area contributed by atoms with E-state index in [9.17, 15) is 4.57 Å². The van der Waals surface area contributed by atoms with Crippen molar-refractivity contribution in [3.05, 3.63) is 25.3 Å². The maximum Gasteiger partial charge on any atom is 0.534 e. The molecule has 0 radical (unpaired) electrons. The van der Waals surface area contributed by atoms with Gasteiger partial charge in [0, 0.05) is 0 Å². The number of aliphatic hydroxyl groups excluding tert-OH is 1. The second-order valence-corrected chi connectivity index (χ2v) is 3.12. The van der Waals surface area contributed by atoms with Gasteiger partial charge in [-0.15, -0.1) is 4.52 Å². The average Bonchev–Trinajstić information content (AvgIpc) is 2.02. The smallest absolute Gasteiger partial charge is 0.361 e. The zero-order valence-electron chi connectivity index (χ0n) is 6.01. The molecule has 0 aliphatic carbocycles.